The largest absolute Gasteiger partial charge is 0.296 e. The van der Waals surface area contributed by atoms with Crippen LogP contribution in [0.15, 0.2) is 24.3 Å². The minimum atomic E-state index is -3.12. The van der Waals surface area contributed by atoms with E-state index in [1.807, 2.05) is 6.92 Å². The minimum Gasteiger partial charge on any atom is -0.296 e. The van der Waals surface area contributed by atoms with Crippen molar-refractivity contribution < 1.29 is 8.42 Å². The lowest BCUT2D eigenvalue weighted by atomic mass is 9.85. The molecule has 0 bridgehead atoms. The van der Waals surface area contributed by atoms with Crippen LogP contribution in [0.3, 0.4) is 0 Å². The third kappa shape index (κ3) is 3.47. The van der Waals surface area contributed by atoms with E-state index in [1.54, 1.807) is 11.4 Å². The number of hydrogen-bond acceptors (Lipinski definition) is 3. The van der Waals surface area contributed by atoms with Crippen LogP contribution in [0.5, 0.6) is 0 Å². The minimum absolute atomic E-state index is 0.129. The maximum absolute atomic E-state index is 12.5. The first kappa shape index (κ1) is 16.9. The Balaban J connectivity index is 1.76. The molecule has 128 valence electrons. The van der Waals surface area contributed by atoms with Gasteiger partial charge in [0.05, 0.1) is 5.75 Å². The molecule has 5 heteroatoms. The first-order valence-corrected chi connectivity index (χ1v) is 10.4. The fourth-order valence-corrected chi connectivity index (χ4v) is 5.55. The van der Waals surface area contributed by atoms with Crippen molar-refractivity contribution in [2.75, 3.05) is 25.9 Å². The van der Waals surface area contributed by atoms with Gasteiger partial charge in [-0.15, -0.1) is 0 Å². The lowest BCUT2D eigenvalue weighted by Gasteiger charge is -2.45. The summed E-state index contributed by atoms with van der Waals surface area (Å²) in [5.41, 5.74) is 2.84. The topological polar surface area (TPSA) is 40.6 Å². The molecular formula is C18H28N2O2S. The quantitative estimate of drug-likeness (QED) is 0.830. The lowest BCUT2D eigenvalue weighted by molar-refractivity contribution is 0.0969. The molecule has 0 saturated carbocycles. The maximum atomic E-state index is 12.5. The monoisotopic (exact) mass is 336 g/mol. The van der Waals surface area contributed by atoms with Crippen molar-refractivity contribution in [2.45, 2.75) is 51.1 Å². The summed E-state index contributed by atoms with van der Waals surface area (Å²) in [6.45, 7) is 4.13. The molecule has 1 aromatic rings. The zero-order chi connectivity index (χ0) is 16.4. The Bertz CT molecular complexity index is 644. The van der Waals surface area contributed by atoms with Gasteiger partial charge in [-0.3, -0.25) is 4.90 Å². The molecule has 4 nitrogen and oxygen atoms in total. The van der Waals surface area contributed by atoms with Crippen molar-refractivity contribution >= 4 is 10.0 Å². The second kappa shape index (κ2) is 6.91. The number of rotatable bonds is 5. The van der Waals surface area contributed by atoms with E-state index in [1.165, 1.54) is 11.1 Å². The van der Waals surface area contributed by atoms with E-state index in [9.17, 15) is 8.42 Å². The van der Waals surface area contributed by atoms with Gasteiger partial charge in [-0.1, -0.05) is 37.6 Å². The van der Waals surface area contributed by atoms with Crippen molar-refractivity contribution in [1.29, 1.82) is 0 Å². The molecule has 0 aromatic heterocycles. The number of piperidine rings is 1. The van der Waals surface area contributed by atoms with Crippen LogP contribution in [0.2, 0.25) is 0 Å². The van der Waals surface area contributed by atoms with Crippen LogP contribution < -0.4 is 0 Å². The van der Waals surface area contributed by atoms with Gasteiger partial charge >= 0.3 is 0 Å². The Morgan fingerprint density at radius 3 is 2.83 bits per heavy atom. The molecule has 23 heavy (non-hydrogen) atoms. The highest BCUT2D eigenvalue weighted by Crippen LogP contribution is 2.38. The summed E-state index contributed by atoms with van der Waals surface area (Å²) in [5, 5.41) is 0. The van der Waals surface area contributed by atoms with E-state index < -0.39 is 10.0 Å². The Morgan fingerprint density at radius 1 is 1.26 bits per heavy atom. The van der Waals surface area contributed by atoms with Crippen LogP contribution in [0.25, 0.3) is 0 Å². The van der Waals surface area contributed by atoms with Gasteiger partial charge in [-0.25, -0.2) is 12.7 Å². The summed E-state index contributed by atoms with van der Waals surface area (Å²) < 4.78 is 26.7. The first-order chi connectivity index (χ1) is 11.0. The van der Waals surface area contributed by atoms with E-state index in [4.69, 9.17) is 0 Å². The standard InChI is InChI=1S/C18H28N2O2S/c1-3-4-13-23(21,22)19(2)16-10-12-20-11-9-15-7-5-6-8-17(15)18(20)14-16/h5-8,16,18H,3-4,9-14H2,1-2H3. The van der Waals surface area contributed by atoms with E-state index in [2.05, 4.69) is 29.2 Å². The van der Waals surface area contributed by atoms with Crippen LogP contribution in [0.1, 0.15) is 49.8 Å². The average molecular weight is 337 g/mol. The highest BCUT2D eigenvalue weighted by molar-refractivity contribution is 7.89. The third-order valence-corrected chi connectivity index (χ3v) is 7.46. The Morgan fingerprint density at radius 2 is 2.04 bits per heavy atom. The molecule has 0 aliphatic carbocycles. The second-order valence-corrected chi connectivity index (χ2v) is 9.01. The van der Waals surface area contributed by atoms with Gasteiger partial charge in [-0.2, -0.15) is 0 Å². The van der Waals surface area contributed by atoms with E-state index >= 15 is 0 Å². The van der Waals surface area contributed by atoms with Gasteiger partial charge in [0.15, 0.2) is 0 Å². The Hall–Kier alpha value is -0.910. The fourth-order valence-electron chi connectivity index (χ4n) is 3.97. The number of unbranched alkanes of at least 4 members (excludes halogenated alkanes) is 1. The highest BCUT2D eigenvalue weighted by atomic mass is 32.2. The van der Waals surface area contributed by atoms with Crippen molar-refractivity contribution in [3.8, 4) is 0 Å². The zero-order valence-corrected chi connectivity index (χ0v) is 15.1. The zero-order valence-electron chi connectivity index (χ0n) is 14.2. The van der Waals surface area contributed by atoms with Gasteiger partial charge in [-0.05, 0) is 36.8 Å². The predicted octanol–water partition coefficient (Wildman–Crippen LogP) is 2.81. The molecule has 0 spiro atoms. The molecule has 0 amide bonds. The molecule has 3 rings (SSSR count). The van der Waals surface area contributed by atoms with Crippen LogP contribution >= 0.6 is 0 Å². The van der Waals surface area contributed by atoms with Gasteiger partial charge in [0.2, 0.25) is 10.0 Å². The van der Waals surface area contributed by atoms with E-state index in [0.29, 0.717) is 6.04 Å². The number of fused-ring (bicyclic) bond motifs is 3. The normalized spacial score (nSPS) is 25.2. The predicted molar refractivity (Wildman–Crippen MR) is 93.9 cm³/mol. The molecule has 2 aliphatic rings. The SMILES string of the molecule is CCCCS(=O)(=O)N(C)C1CCN2CCc3ccccc3C2C1. The molecule has 2 unspecified atom stereocenters. The average Bonchev–Trinajstić information content (AvgIpc) is 2.58. The molecule has 0 radical (unpaired) electrons. The molecule has 1 saturated heterocycles. The Labute approximate surface area is 140 Å². The number of benzene rings is 1. The van der Waals surface area contributed by atoms with Crippen molar-refractivity contribution in [2.24, 2.45) is 0 Å². The van der Waals surface area contributed by atoms with Crippen LogP contribution in [-0.4, -0.2) is 49.6 Å². The van der Waals surface area contributed by atoms with Gasteiger partial charge in [0, 0.05) is 32.2 Å². The number of sulfonamides is 1. The maximum Gasteiger partial charge on any atom is 0.214 e. The molecule has 1 aromatic carbocycles. The second-order valence-electron chi connectivity index (χ2n) is 6.86. The Kier molecular flexibility index (Phi) is 5.09. The summed E-state index contributed by atoms with van der Waals surface area (Å²) in [6, 6.07) is 9.16. The number of hydrogen-bond donors (Lipinski definition) is 0. The summed E-state index contributed by atoms with van der Waals surface area (Å²) in [6.07, 6.45) is 4.64. The van der Waals surface area contributed by atoms with Gasteiger partial charge in [0.25, 0.3) is 0 Å². The lowest BCUT2D eigenvalue weighted by Crippen LogP contribution is -2.49. The van der Waals surface area contributed by atoms with E-state index in [-0.39, 0.29) is 11.8 Å². The van der Waals surface area contributed by atoms with Crippen molar-refractivity contribution in [3.05, 3.63) is 35.4 Å². The molecule has 1 fully saturated rings. The van der Waals surface area contributed by atoms with Crippen molar-refractivity contribution in [1.82, 2.24) is 9.21 Å². The molecular weight excluding hydrogens is 308 g/mol. The van der Waals surface area contributed by atoms with Crippen LogP contribution in [-0.2, 0) is 16.4 Å². The van der Waals surface area contributed by atoms with Crippen molar-refractivity contribution in [3.63, 3.8) is 0 Å². The number of nitrogens with zero attached hydrogens (tertiary/aromatic N) is 2. The van der Waals surface area contributed by atoms with E-state index in [0.717, 1.165) is 45.2 Å². The summed E-state index contributed by atoms with van der Waals surface area (Å²) in [5.74, 6) is 0.279. The molecule has 2 aliphatic heterocycles. The molecule has 0 N–H and O–H groups in total. The summed E-state index contributed by atoms with van der Waals surface area (Å²) in [4.78, 5) is 2.53. The molecule has 2 heterocycles. The first-order valence-electron chi connectivity index (χ1n) is 8.80. The highest BCUT2D eigenvalue weighted by Gasteiger charge is 2.37. The van der Waals surface area contributed by atoms with Crippen LogP contribution in [0.4, 0.5) is 0 Å². The smallest absolute Gasteiger partial charge is 0.214 e. The summed E-state index contributed by atoms with van der Waals surface area (Å²) >= 11 is 0. The van der Waals surface area contributed by atoms with Gasteiger partial charge < -0.3 is 0 Å². The van der Waals surface area contributed by atoms with Gasteiger partial charge in [0.1, 0.15) is 0 Å². The summed E-state index contributed by atoms with van der Waals surface area (Å²) in [7, 11) is -1.34. The molecule has 2 atom stereocenters. The van der Waals surface area contributed by atoms with Crippen LogP contribution in [0, 0.1) is 0 Å². The fraction of sp³-hybridized carbons (Fsp3) is 0.667. The third-order valence-electron chi connectivity index (χ3n) is 5.48.